The number of halogens is 5. The quantitative estimate of drug-likeness (QED) is 0.895. The minimum atomic E-state index is -4.91. The van der Waals surface area contributed by atoms with Gasteiger partial charge in [0, 0.05) is 11.1 Å². The van der Waals surface area contributed by atoms with E-state index in [1.807, 2.05) is 4.98 Å². The third-order valence-corrected chi connectivity index (χ3v) is 3.02. The van der Waals surface area contributed by atoms with Gasteiger partial charge in [-0.25, -0.2) is 4.98 Å². The van der Waals surface area contributed by atoms with Gasteiger partial charge in [-0.2, -0.15) is 18.4 Å². The second-order valence-electron chi connectivity index (χ2n) is 3.89. The molecule has 0 bridgehead atoms. The molecule has 0 unspecified atom stereocenters. The van der Waals surface area contributed by atoms with Gasteiger partial charge in [-0.1, -0.05) is 23.2 Å². The summed E-state index contributed by atoms with van der Waals surface area (Å²) in [7, 11) is 0. The molecule has 0 aliphatic carbocycles. The van der Waals surface area contributed by atoms with Crippen LogP contribution in [0.3, 0.4) is 0 Å². The molecule has 0 saturated heterocycles. The van der Waals surface area contributed by atoms with Crippen molar-refractivity contribution >= 4 is 23.2 Å². The Bertz CT molecular complexity index is 828. The zero-order valence-electron chi connectivity index (χ0n) is 10.3. The number of ether oxygens (including phenoxy) is 1. The van der Waals surface area contributed by atoms with Crippen molar-refractivity contribution in [3.8, 4) is 17.6 Å². The zero-order valence-corrected chi connectivity index (χ0v) is 11.8. The Morgan fingerprint density at radius 3 is 2.59 bits per heavy atom. The Kier molecular flexibility index (Phi) is 4.30. The third-order valence-electron chi connectivity index (χ3n) is 2.42. The van der Waals surface area contributed by atoms with Crippen LogP contribution in [0.15, 0.2) is 23.3 Å². The number of hydrogen-bond donors (Lipinski definition) is 1. The minimum absolute atomic E-state index is 0.00447. The molecule has 22 heavy (non-hydrogen) atoms. The van der Waals surface area contributed by atoms with Crippen molar-refractivity contribution in [1.82, 2.24) is 9.97 Å². The van der Waals surface area contributed by atoms with E-state index in [0.717, 1.165) is 6.07 Å². The first kappa shape index (κ1) is 16.1. The second-order valence-corrected chi connectivity index (χ2v) is 4.70. The number of H-pyrrole nitrogens is 1. The molecule has 0 fully saturated rings. The lowest BCUT2D eigenvalue weighted by Gasteiger charge is -2.12. The van der Waals surface area contributed by atoms with Crippen molar-refractivity contribution in [1.29, 1.82) is 5.26 Å². The highest BCUT2D eigenvalue weighted by atomic mass is 35.5. The van der Waals surface area contributed by atoms with Crippen LogP contribution in [0.5, 0.6) is 11.5 Å². The summed E-state index contributed by atoms with van der Waals surface area (Å²) in [6, 6.07) is 3.99. The van der Waals surface area contributed by atoms with Gasteiger partial charge in [-0.3, -0.25) is 4.79 Å². The summed E-state index contributed by atoms with van der Waals surface area (Å²) in [5.41, 5.74) is -2.79. The van der Waals surface area contributed by atoms with Crippen LogP contribution in [0.4, 0.5) is 13.2 Å². The van der Waals surface area contributed by atoms with Gasteiger partial charge < -0.3 is 9.72 Å². The maximum Gasteiger partial charge on any atom is 0.437 e. The maximum absolute atomic E-state index is 12.8. The third kappa shape index (κ3) is 3.16. The van der Waals surface area contributed by atoms with Crippen LogP contribution in [0.2, 0.25) is 10.0 Å². The Balaban J connectivity index is 2.61. The number of aromatic amines is 1. The van der Waals surface area contributed by atoms with E-state index in [0.29, 0.717) is 6.33 Å². The number of nitrogens with zero attached hydrogens (tertiary/aromatic N) is 2. The summed E-state index contributed by atoms with van der Waals surface area (Å²) >= 11 is 11.6. The Morgan fingerprint density at radius 1 is 1.32 bits per heavy atom. The predicted octanol–water partition coefficient (Wildman–Crippen LogP) is 3.76. The van der Waals surface area contributed by atoms with E-state index in [1.165, 1.54) is 6.07 Å². The Morgan fingerprint density at radius 2 is 2.00 bits per heavy atom. The monoisotopic (exact) mass is 349 g/mol. The second kappa shape index (κ2) is 5.87. The standard InChI is InChI=1S/C12H4Cl2F3N3O2/c13-6-1-5(3-18)8(14)7(2-6)22-9-10(12(15,16)17)19-4-20-11(9)21/h1-2,4H,(H,19,20,21). The average Bonchev–Trinajstić information content (AvgIpc) is 2.43. The molecule has 0 spiro atoms. The van der Waals surface area contributed by atoms with E-state index in [2.05, 4.69) is 4.98 Å². The van der Waals surface area contributed by atoms with Crippen LogP contribution in [0.25, 0.3) is 0 Å². The van der Waals surface area contributed by atoms with Crippen molar-refractivity contribution < 1.29 is 17.9 Å². The van der Waals surface area contributed by atoms with Crippen molar-refractivity contribution in [2.24, 2.45) is 0 Å². The summed E-state index contributed by atoms with van der Waals surface area (Å²) in [6.07, 6.45) is -4.31. The number of nitriles is 1. The molecule has 2 rings (SSSR count). The number of benzene rings is 1. The van der Waals surface area contributed by atoms with E-state index in [9.17, 15) is 18.0 Å². The van der Waals surface area contributed by atoms with Gasteiger partial charge in [0.25, 0.3) is 5.56 Å². The van der Waals surface area contributed by atoms with Gasteiger partial charge in [0.2, 0.25) is 5.75 Å². The molecule has 5 nitrogen and oxygen atoms in total. The molecule has 0 aliphatic rings. The van der Waals surface area contributed by atoms with Crippen LogP contribution in [-0.4, -0.2) is 9.97 Å². The van der Waals surface area contributed by atoms with Gasteiger partial charge in [-0.05, 0) is 6.07 Å². The average molecular weight is 350 g/mol. The molecule has 0 radical (unpaired) electrons. The normalized spacial score (nSPS) is 11.1. The molecule has 0 amide bonds. The molecular formula is C12H4Cl2F3N3O2. The lowest BCUT2D eigenvalue weighted by molar-refractivity contribution is -0.142. The fourth-order valence-electron chi connectivity index (χ4n) is 1.51. The van der Waals surface area contributed by atoms with Gasteiger partial charge in [-0.15, -0.1) is 0 Å². The van der Waals surface area contributed by atoms with Crippen molar-refractivity contribution in [2.45, 2.75) is 6.18 Å². The van der Waals surface area contributed by atoms with Gasteiger partial charge >= 0.3 is 6.18 Å². The van der Waals surface area contributed by atoms with Crippen LogP contribution in [0, 0.1) is 11.3 Å². The van der Waals surface area contributed by atoms with Crippen molar-refractivity contribution in [2.75, 3.05) is 0 Å². The number of nitrogens with one attached hydrogen (secondary N) is 1. The van der Waals surface area contributed by atoms with E-state index < -0.39 is 23.2 Å². The first-order valence-corrected chi connectivity index (χ1v) is 6.21. The lowest BCUT2D eigenvalue weighted by Crippen LogP contribution is -2.19. The van der Waals surface area contributed by atoms with Crippen LogP contribution in [-0.2, 0) is 6.18 Å². The molecule has 1 aromatic heterocycles. The molecule has 2 aromatic rings. The van der Waals surface area contributed by atoms with E-state index in [1.54, 1.807) is 6.07 Å². The van der Waals surface area contributed by atoms with Crippen LogP contribution < -0.4 is 10.3 Å². The molecular weight excluding hydrogens is 346 g/mol. The zero-order chi connectivity index (χ0) is 16.5. The largest absolute Gasteiger partial charge is 0.448 e. The van der Waals surface area contributed by atoms with Gasteiger partial charge in [0.1, 0.15) is 16.8 Å². The van der Waals surface area contributed by atoms with Gasteiger partial charge in [0.05, 0.1) is 11.9 Å². The Labute approximate surface area is 130 Å². The summed E-state index contributed by atoms with van der Waals surface area (Å²) < 4.78 is 43.5. The molecule has 0 atom stereocenters. The first-order valence-electron chi connectivity index (χ1n) is 5.46. The summed E-state index contributed by atoms with van der Waals surface area (Å²) in [4.78, 5) is 16.6. The predicted molar refractivity (Wildman–Crippen MR) is 71.1 cm³/mol. The fourth-order valence-corrected chi connectivity index (χ4v) is 1.91. The highest BCUT2D eigenvalue weighted by Crippen LogP contribution is 2.38. The first-order chi connectivity index (χ1) is 10.2. The molecule has 0 saturated carbocycles. The number of rotatable bonds is 2. The van der Waals surface area contributed by atoms with E-state index in [-0.39, 0.29) is 21.4 Å². The van der Waals surface area contributed by atoms with E-state index in [4.69, 9.17) is 33.2 Å². The SMILES string of the molecule is N#Cc1cc(Cl)cc(Oc2c(C(F)(F)F)nc[nH]c2=O)c1Cl. The number of alkyl halides is 3. The molecule has 1 aromatic carbocycles. The molecule has 0 aliphatic heterocycles. The summed E-state index contributed by atoms with van der Waals surface area (Å²) in [5, 5.41) is 8.59. The highest BCUT2D eigenvalue weighted by Gasteiger charge is 2.38. The Hall–Kier alpha value is -2.24. The molecule has 1 N–H and O–H groups in total. The van der Waals surface area contributed by atoms with E-state index >= 15 is 0 Å². The molecule has 10 heteroatoms. The summed E-state index contributed by atoms with van der Waals surface area (Å²) in [5.74, 6) is -1.46. The van der Waals surface area contributed by atoms with Gasteiger partial charge in [0.15, 0.2) is 5.69 Å². The lowest BCUT2D eigenvalue weighted by atomic mass is 10.2. The highest BCUT2D eigenvalue weighted by molar-refractivity contribution is 6.35. The molecule has 114 valence electrons. The number of hydrogen-bond acceptors (Lipinski definition) is 4. The molecule has 1 heterocycles. The van der Waals surface area contributed by atoms with Crippen molar-refractivity contribution in [3.05, 3.63) is 50.1 Å². The summed E-state index contributed by atoms with van der Waals surface area (Å²) in [6.45, 7) is 0. The smallest absolute Gasteiger partial charge is 0.437 e. The minimum Gasteiger partial charge on any atom is -0.448 e. The van der Waals surface area contributed by atoms with Crippen molar-refractivity contribution in [3.63, 3.8) is 0 Å². The topological polar surface area (TPSA) is 78.8 Å². The fraction of sp³-hybridized carbons (Fsp3) is 0.0833. The van der Waals surface area contributed by atoms with Crippen LogP contribution >= 0.6 is 23.2 Å². The maximum atomic E-state index is 12.8. The number of aromatic nitrogens is 2. The van der Waals surface area contributed by atoms with Crippen LogP contribution in [0.1, 0.15) is 11.3 Å².